The highest BCUT2D eigenvalue weighted by atomic mass is 16.2. The number of hydrogen-bond acceptors (Lipinski definition) is 2. The zero-order chi connectivity index (χ0) is 17.2. The lowest BCUT2D eigenvalue weighted by atomic mass is 9.94. The van der Waals surface area contributed by atoms with Crippen LogP contribution in [0.3, 0.4) is 0 Å². The average Bonchev–Trinajstić information content (AvgIpc) is 2.89. The summed E-state index contributed by atoms with van der Waals surface area (Å²) in [4.78, 5) is 25.0. The summed E-state index contributed by atoms with van der Waals surface area (Å²) in [6.07, 6.45) is 1.35. The molecule has 4 rings (SSSR count). The maximum absolute atomic E-state index is 12.5. The van der Waals surface area contributed by atoms with Crippen LogP contribution in [-0.2, 0) is 12.8 Å². The van der Waals surface area contributed by atoms with Gasteiger partial charge in [-0.25, -0.2) is 0 Å². The fraction of sp³-hybridized carbons (Fsp3) is 0.130. The molecule has 2 heteroatoms. The van der Waals surface area contributed by atoms with Gasteiger partial charge in [-0.2, -0.15) is 0 Å². The highest BCUT2D eigenvalue weighted by molar-refractivity contribution is 6.26. The van der Waals surface area contributed by atoms with Crippen LogP contribution in [-0.4, -0.2) is 11.6 Å². The van der Waals surface area contributed by atoms with Gasteiger partial charge in [0.2, 0.25) is 0 Å². The maximum atomic E-state index is 12.5. The van der Waals surface area contributed by atoms with Crippen LogP contribution in [0.4, 0.5) is 0 Å². The molecule has 2 nitrogen and oxygen atoms in total. The van der Waals surface area contributed by atoms with E-state index in [-0.39, 0.29) is 11.6 Å². The number of hydrogen-bond donors (Lipinski definition) is 0. The first kappa shape index (κ1) is 15.5. The minimum Gasteiger partial charge on any atom is -0.293 e. The molecule has 25 heavy (non-hydrogen) atoms. The molecule has 0 amide bonds. The molecule has 0 fully saturated rings. The number of benzene rings is 3. The van der Waals surface area contributed by atoms with E-state index >= 15 is 0 Å². The van der Waals surface area contributed by atoms with E-state index in [4.69, 9.17) is 0 Å². The third kappa shape index (κ3) is 3.03. The van der Waals surface area contributed by atoms with Crippen LogP contribution in [0.5, 0.6) is 0 Å². The number of fused-ring (bicyclic) bond motifs is 1. The highest BCUT2D eigenvalue weighted by Gasteiger charge is 2.37. The van der Waals surface area contributed by atoms with E-state index in [1.165, 1.54) is 11.1 Å². The fourth-order valence-electron chi connectivity index (χ4n) is 3.45. The van der Waals surface area contributed by atoms with Gasteiger partial charge in [0.25, 0.3) is 0 Å². The first-order valence-electron chi connectivity index (χ1n) is 8.51. The second kappa shape index (κ2) is 6.48. The van der Waals surface area contributed by atoms with Crippen molar-refractivity contribution in [1.82, 2.24) is 0 Å². The predicted molar refractivity (Wildman–Crippen MR) is 98.0 cm³/mol. The largest absolute Gasteiger partial charge is 0.293 e. The predicted octanol–water partition coefficient (Wildman–Crippen LogP) is 4.52. The lowest BCUT2D eigenvalue weighted by molar-refractivity contribution is 0.0838. The summed E-state index contributed by atoms with van der Waals surface area (Å²) in [6.45, 7) is 0. The van der Waals surface area contributed by atoms with Crippen LogP contribution < -0.4 is 0 Å². The van der Waals surface area contributed by atoms with Gasteiger partial charge in [-0.15, -0.1) is 0 Å². The van der Waals surface area contributed by atoms with E-state index in [0.717, 1.165) is 12.0 Å². The van der Waals surface area contributed by atoms with Crippen molar-refractivity contribution in [3.63, 3.8) is 0 Å². The Morgan fingerprint density at radius 3 is 1.64 bits per heavy atom. The first-order chi connectivity index (χ1) is 12.2. The molecule has 0 N–H and O–H groups in total. The van der Waals surface area contributed by atoms with Crippen molar-refractivity contribution in [2.75, 3.05) is 0 Å². The van der Waals surface area contributed by atoms with Gasteiger partial charge in [0.05, 0.1) is 5.92 Å². The molecule has 0 spiro atoms. The Morgan fingerprint density at radius 1 is 0.560 bits per heavy atom. The van der Waals surface area contributed by atoms with Crippen LogP contribution in [0.25, 0.3) is 0 Å². The van der Waals surface area contributed by atoms with Crippen molar-refractivity contribution in [2.24, 2.45) is 5.92 Å². The van der Waals surface area contributed by atoms with Gasteiger partial charge in [-0.1, -0.05) is 78.9 Å². The standard InChI is InChI=1S/C23H18O2/c24-22-19-8-4-5-9-20(19)23(25)21(22)15-18-12-10-17(11-13-18)14-16-6-2-1-3-7-16/h1-13,21H,14-15H2. The molecule has 0 heterocycles. The van der Waals surface area contributed by atoms with Gasteiger partial charge >= 0.3 is 0 Å². The molecular weight excluding hydrogens is 308 g/mol. The molecule has 0 aliphatic heterocycles. The monoisotopic (exact) mass is 326 g/mol. The Kier molecular flexibility index (Phi) is 4.02. The lowest BCUT2D eigenvalue weighted by Gasteiger charge is -2.08. The summed E-state index contributed by atoms with van der Waals surface area (Å²) in [7, 11) is 0. The Hall–Kier alpha value is -3.00. The minimum absolute atomic E-state index is 0.0473. The average molecular weight is 326 g/mol. The summed E-state index contributed by atoms with van der Waals surface area (Å²) in [6, 6.07) is 25.7. The van der Waals surface area contributed by atoms with Gasteiger partial charge in [0, 0.05) is 11.1 Å². The van der Waals surface area contributed by atoms with Crippen LogP contribution in [0.2, 0.25) is 0 Å². The summed E-state index contributed by atoms with van der Waals surface area (Å²) in [5.41, 5.74) is 4.65. The number of carbonyl (C=O) groups excluding carboxylic acids is 2. The first-order valence-corrected chi connectivity index (χ1v) is 8.51. The molecule has 0 aromatic heterocycles. The zero-order valence-electron chi connectivity index (χ0n) is 13.8. The van der Waals surface area contributed by atoms with Crippen LogP contribution in [0.15, 0.2) is 78.9 Å². The summed E-state index contributed by atoms with van der Waals surface area (Å²) < 4.78 is 0. The smallest absolute Gasteiger partial charge is 0.174 e. The lowest BCUT2D eigenvalue weighted by Crippen LogP contribution is -2.17. The molecule has 1 aliphatic rings. The van der Waals surface area contributed by atoms with E-state index in [1.807, 2.05) is 42.5 Å². The minimum atomic E-state index is -0.572. The van der Waals surface area contributed by atoms with Crippen molar-refractivity contribution in [1.29, 1.82) is 0 Å². The molecule has 0 unspecified atom stereocenters. The maximum Gasteiger partial charge on any atom is 0.174 e. The molecule has 0 saturated heterocycles. The van der Waals surface area contributed by atoms with Gasteiger partial charge in [0.1, 0.15) is 0 Å². The van der Waals surface area contributed by atoms with Crippen molar-refractivity contribution in [3.8, 4) is 0 Å². The van der Waals surface area contributed by atoms with Gasteiger partial charge < -0.3 is 0 Å². The normalized spacial score (nSPS) is 13.9. The second-order valence-electron chi connectivity index (χ2n) is 6.51. The Bertz CT molecular complexity index is 889. The van der Waals surface area contributed by atoms with Gasteiger partial charge in [-0.05, 0) is 29.5 Å². The molecule has 3 aromatic carbocycles. The van der Waals surface area contributed by atoms with E-state index < -0.39 is 5.92 Å². The fourth-order valence-corrected chi connectivity index (χ4v) is 3.45. The van der Waals surface area contributed by atoms with E-state index in [2.05, 4.69) is 24.3 Å². The van der Waals surface area contributed by atoms with Gasteiger partial charge in [0.15, 0.2) is 11.6 Å². The van der Waals surface area contributed by atoms with Crippen LogP contribution in [0, 0.1) is 5.92 Å². The summed E-state index contributed by atoms with van der Waals surface area (Å²) in [5, 5.41) is 0. The number of ketones is 2. The summed E-state index contributed by atoms with van der Waals surface area (Å²) >= 11 is 0. The third-order valence-electron chi connectivity index (χ3n) is 4.80. The Morgan fingerprint density at radius 2 is 1.04 bits per heavy atom. The SMILES string of the molecule is O=C1c2ccccc2C(=O)C1Cc1ccc(Cc2ccccc2)cc1. The molecular formula is C23H18O2. The number of carbonyl (C=O) groups is 2. The molecule has 3 aromatic rings. The molecule has 0 atom stereocenters. The second-order valence-corrected chi connectivity index (χ2v) is 6.51. The van der Waals surface area contributed by atoms with E-state index in [9.17, 15) is 9.59 Å². The van der Waals surface area contributed by atoms with Crippen molar-refractivity contribution in [3.05, 3.63) is 107 Å². The third-order valence-corrected chi connectivity index (χ3v) is 4.80. The summed E-state index contributed by atoms with van der Waals surface area (Å²) in [5.74, 6) is -0.666. The van der Waals surface area contributed by atoms with Crippen molar-refractivity contribution in [2.45, 2.75) is 12.8 Å². The van der Waals surface area contributed by atoms with Gasteiger partial charge in [-0.3, -0.25) is 9.59 Å². The molecule has 1 aliphatic carbocycles. The Labute approximate surface area is 147 Å². The highest BCUT2D eigenvalue weighted by Crippen LogP contribution is 2.29. The Balaban J connectivity index is 1.49. The van der Waals surface area contributed by atoms with Crippen molar-refractivity contribution >= 4 is 11.6 Å². The molecule has 122 valence electrons. The quantitative estimate of drug-likeness (QED) is 0.661. The van der Waals surface area contributed by atoms with E-state index in [0.29, 0.717) is 17.5 Å². The van der Waals surface area contributed by atoms with E-state index in [1.54, 1.807) is 12.1 Å². The van der Waals surface area contributed by atoms with Crippen molar-refractivity contribution < 1.29 is 9.59 Å². The van der Waals surface area contributed by atoms with Crippen LogP contribution >= 0.6 is 0 Å². The number of Topliss-reactive ketones (excluding diaryl/α,β-unsaturated/α-hetero) is 2. The van der Waals surface area contributed by atoms with Crippen LogP contribution in [0.1, 0.15) is 37.4 Å². The topological polar surface area (TPSA) is 34.1 Å². The molecule has 0 radical (unpaired) electrons. The molecule has 0 saturated carbocycles. The molecule has 0 bridgehead atoms. The zero-order valence-corrected chi connectivity index (χ0v) is 13.8. The number of rotatable bonds is 4.